The third-order valence-electron chi connectivity index (χ3n) is 3.93. The van der Waals surface area contributed by atoms with E-state index < -0.39 is 5.97 Å². The van der Waals surface area contributed by atoms with Crippen molar-refractivity contribution in [2.45, 2.75) is 32.7 Å². The number of aliphatic carboxylic acids is 1. The van der Waals surface area contributed by atoms with E-state index in [4.69, 9.17) is 5.11 Å². The second kappa shape index (κ2) is 5.53. The minimum Gasteiger partial charge on any atom is -0.508 e. The first kappa shape index (κ1) is 14.4. The van der Waals surface area contributed by atoms with Gasteiger partial charge in [-0.25, -0.2) is 0 Å². The minimum absolute atomic E-state index is 0.0912. The molecule has 0 saturated carbocycles. The average Bonchev–Trinajstić information content (AvgIpc) is 2.41. The Morgan fingerprint density at radius 1 is 1.35 bits per heavy atom. The van der Waals surface area contributed by atoms with Crippen LogP contribution in [0.1, 0.15) is 35.7 Å². The van der Waals surface area contributed by atoms with E-state index in [1.165, 1.54) is 6.07 Å². The molecule has 1 aliphatic rings. The molecule has 1 aromatic rings. The van der Waals surface area contributed by atoms with Crippen molar-refractivity contribution in [3.63, 3.8) is 0 Å². The smallest absolute Gasteiger partial charge is 0.306 e. The fraction of sp³-hybridized carbons (Fsp3) is 0.467. The maximum atomic E-state index is 12.4. The van der Waals surface area contributed by atoms with Crippen molar-refractivity contribution in [2.75, 3.05) is 6.54 Å². The number of phenolic OH excluding ortho intramolecular Hbond substituents is 1. The molecule has 2 unspecified atom stereocenters. The Bertz CT molecular complexity index is 541. The summed E-state index contributed by atoms with van der Waals surface area (Å²) >= 11 is 0. The van der Waals surface area contributed by atoms with Crippen molar-refractivity contribution >= 4 is 11.9 Å². The van der Waals surface area contributed by atoms with Crippen LogP contribution in [0.2, 0.25) is 0 Å². The van der Waals surface area contributed by atoms with Gasteiger partial charge in [0.15, 0.2) is 0 Å². The van der Waals surface area contributed by atoms with E-state index in [9.17, 15) is 14.7 Å². The summed E-state index contributed by atoms with van der Waals surface area (Å²) < 4.78 is 0. The number of benzene rings is 1. The number of hydrogen-bond donors (Lipinski definition) is 2. The van der Waals surface area contributed by atoms with Crippen LogP contribution in [0.4, 0.5) is 0 Å². The van der Waals surface area contributed by atoms with Gasteiger partial charge in [-0.2, -0.15) is 0 Å². The van der Waals surface area contributed by atoms with Crippen LogP contribution in [0, 0.1) is 12.8 Å². The lowest BCUT2D eigenvalue weighted by Crippen LogP contribution is -2.46. The lowest BCUT2D eigenvalue weighted by molar-refractivity contribution is -0.143. The number of carboxylic acids is 1. The van der Waals surface area contributed by atoms with Gasteiger partial charge in [0.05, 0.1) is 5.92 Å². The highest BCUT2D eigenvalue weighted by Gasteiger charge is 2.32. The van der Waals surface area contributed by atoms with Gasteiger partial charge in [0, 0.05) is 18.2 Å². The molecular weight excluding hydrogens is 258 g/mol. The lowest BCUT2D eigenvalue weighted by Gasteiger charge is -2.36. The van der Waals surface area contributed by atoms with Gasteiger partial charge >= 0.3 is 5.97 Å². The van der Waals surface area contributed by atoms with Gasteiger partial charge in [-0.05, 0) is 50.5 Å². The molecule has 1 fully saturated rings. The first-order valence-corrected chi connectivity index (χ1v) is 6.73. The summed E-state index contributed by atoms with van der Waals surface area (Å²) in [6.45, 7) is 4.07. The Hall–Kier alpha value is -2.04. The van der Waals surface area contributed by atoms with Gasteiger partial charge in [0.1, 0.15) is 5.75 Å². The fourth-order valence-corrected chi connectivity index (χ4v) is 2.65. The predicted octanol–water partition coefficient (Wildman–Crippen LogP) is 2.03. The molecule has 0 aromatic heterocycles. The van der Waals surface area contributed by atoms with Crippen LogP contribution in [0.15, 0.2) is 18.2 Å². The predicted molar refractivity (Wildman–Crippen MR) is 73.7 cm³/mol. The highest BCUT2D eigenvalue weighted by molar-refractivity contribution is 5.95. The number of carbonyl (C=O) groups is 2. The summed E-state index contributed by atoms with van der Waals surface area (Å²) in [6, 6.07) is 4.68. The van der Waals surface area contributed by atoms with Crippen LogP contribution in [-0.2, 0) is 4.79 Å². The van der Waals surface area contributed by atoms with E-state index in [0.29, 0.717) is 30.5 Å². The number of nitrogens with zero attached hydrogens (tertiary/aromatic N) is 1. The molecule has 0 radical (unpaired) electrons. The zero-order valence-corrected chi connectivity index (χ0v) is 11.7. The van der Waals surface area contributed by atoms with Crippen molar-refractivity contribution in [3.05, 3.63) is 29.3 Å². The van der Waals surface area contributed by atoms with Crippen molar-refractivity contribution < 1.29 is 19.8 Å². The molecule has 2 rings (SSSR count). The van der Waals surface area contributed by atoms with Crippen LogP contribution in [0.5, 0.6) is 5.75 Å². The number of carbonyl (C=O) groups excluding carboxylic acids is 1. The van der Waals surface area contributed by atoms with Crippen molar-refractivity contribution in [2.24, 2.45) is 5.92 Å². The standard InChI is InChI=1S/C15H19NO4/c1-9-7-11(3-4-13(9)17)14(18)16-6-5-12(15(19)20)8-10(16)2/h3-4,7,10,12,17H,5-6,8H2,1-2H3,(H,19,20). The first-order chi connectivity index (χ1) is 9.40. The van der Waals surface area contributed by atoms with Crippen LogP contribution in [-0.4, -0.2) is 39.6 Å². The topological polar surface area (TPSA) is 77.8 Å². The highest BCUT2D eigenvalue weighted by atomic mass is 16.4. The van der Waals surface area contributed by atoms with Gasteiger partial charge in [-0.3, -0.25) is 9.59 Å². The van der Waals surface area contributed by atoms with Gasteiger partial charge in [0.25, 0.3) is 5.91 Å². The Morgan fingerprint density at radius 3 is 2.60 bits per heavy atom. The van der Waals surface area contributed by atoms with Gasteiger partial charge in [-0.1, -0.05) is 0 Å². The van der Waals surface area contributed by atoms with E-state index >= 15 is 0 Å². The number of carboxylic acid groups (broad SMARTS) is 1. The summed E-state index contributed by atoms with van der Waals surface area (Å²) in [7, 11) is 0. The van der Waals surface area contributed by atoms with E-state index in [1.54, 1.807) is 24.0 Å². The third kappa shape index (κ3) is 2.76. The van der Waals surface area contributed by atoms with E-state index in [0.717, 1.165) is 0 Å². The molecule has 1 aliphatic heterocycles. The molecule has 1 saturated heterocycles. The normalized spacial score (nSPS) is 22.6. The maximum absolute atomic E-state index is 12.4. The van der Waals surface area contributed by atoms with E-state index in [1.807, 2.05) is 6.92 Å². The minimum atomic E-state index is -0.788. The second-order valence-corrected chi connectivity index (χ2v) is 5.41. The van der Waals surface area contributed by atoms with Crippen molar-refractivity contribution in [3.8, 4) is 5.75 Å². The Kier molecular flexibility index (Phi) is 3.97. The SMILES string of the molecule is Cc1cc(C(=O)N2CCC(C(=O)O)CC2C)ccc1O. The number of aryl methyl sites for hydroxylation is 1. The molecule has 1 heterocycles. The van der Waals surface area contributed by atoms with Gasteiger partial charge in [0.2, 0.25) is 0 Å². The third-order valence-corrected chi connectivity index (χ3v) is 3.93. The summed E-state index contributed by atoms with van der Waals surface area (Å²) in [5, 5.41) is 18.5. The maximum Gasteiger partial charge on any atom is 0.306 e. The number of aromatic hydroxyl groups is 1. The van der Waals surface area contributed by atoms with Crippen molar-refractivity contribution in [1.29, 1.82) is 0 Å². The average molecular weight is 277 g/mol. The molecule has 1 amide bonds. The summed E-state index contributed by atoms with van der Waals surface area (Å²) in [5.74, 6) is -1.09. The van der Waals surface area contributed by atoms with E-state index in [-0.39, 0.29) is 23.6 Å². The Morgan fingerprint density at radius 2 is 2.05 bits per heavy atom. The number of hydrogen-bond acceptors (Lipinski definition) is 3. The molecule has 0 bridgehead atoms. The quantitative estimate of drug-likeness (QED) is 0.867. The lowest BCUT2D eigenvalue weighted by atomic mass is 9.91. The second-order valence-electron chi connectivity index (χ2n) is 5.41. The molecule has 5 nitrogen and oxygen atoms in total. The van der Waals surface area contributed by atoms with Crippen LogP contribution in [0.3, 0.4) is 0 Å². The monoisotopic (exact) mass is 277 g/mol. The molecule has 5 heteroatoms. The zero-order valence-electron chi connectivity index (χ0n) is 11.7. The molecule has 20 heavy (non-hydrogen) atoms. The highest BCUT2D eigenvalue weighted by Crippen LogP contribution is 2.25. The summed E-state index contributed by atoms with van der Waals surface area (Å²) in [5.41, 5.74) is 1.19. The molecule has 1 aromatic carbocycles. The molecular formula is C15H19NO4. The number of rotatable bonds is 2. The summed E-state index contributed by atoms with van der Waals surface area (Å²) in [6.07, 6.45) is 0.973. The van der Waals surface area contributed by atoms with Crippen molar-refractivity contribution in [1.82, 2.24) is 4.90 Å². The molecule has 0 spiro atoms. The first-order valence-electron chi connectivity index (χ1n) is 6.73. The fourth-order valence-electron chi connectivity index (χ4n) is 2.65. The van der Waals surface area contributed by atoms with Gasteiger partial charge in [-0.15, -0.1) is 0 Å². The molecule has 2 N–H and O–H groups in total. The number of amides is 1. The molecule has 108 valence electrons. The largest absolute Gasteiger partial charge is 0.508 e. The van der Waals surface area contributed by atoms with Crippen LogP contribution >= 0.6 is 0 Å². The number of likely N-dealkylation sites (tertiary alicyclic amines) is 1. The molecule has 2 atom stereocenters. The van der Waals surface area contributed by atoms with E-state index in [2.05, 4.69) is 0 Å². The molecule has 0 aliphatic carbocycles. The number of phenols is 1. The Labute approximate surface area is 117 Å². The van der Waals surface area contributed by atoms with Crippen LogP contribution < -0.4 is 0 Å². The summed E-state index contributed by atoms with van der Waals surface area (Å²) in [4.78, 5) is 25.2. The number of piperidine rings is 1. The zero-order chi connectivity index (χ0) is 14.9. The van der Waals surface area contributed by atoms with Gasteiger partial charge < -0.3 is 15.1 Å². The van der Waals surface area contributed by atoms with Crippen LogP contribution in [0.25, 0.3) is 0 Å². The Balaban J connectivity index is 2.13.